The number of benzene rings is 2. The lowest BCUT2D eigenvalue weighted by atomic mass is 10.1. The van der Waals surface area contributed by atoms with Gasteiger partial charge in [-0.05, 0) is 23.3 Å². The molecule has 0 aliphatic heterocycles. The number of anilines is 1. The van der Waals surface area contributed by atoms with Crippen LogP contribution in [-0.4, -0.2) is 13.1 Å². The largest absolute Gasteiger partial charge is 0.380 e. The lowest BCUT2D eigenvalue weighted by Crippen LogP contribution is -2.29. The summed E-state index contributed by atoms with van der Waals surface area (Å²) in [6.45, 7) is 0.826. The molecule has 0 saturated heterocycles. The molecule has 0 aliphatic carbocycles. The zero-order valence-electron chi connectivity index (χ0n) is 11.7. The van der Waals surface area contributed by atoms with Crippen molar-refractivity contribution in [1.29, 1.82) is 0 Å². The lowest BCUT2D eigenvalue weighted by molar-refractivity contribution is 0.184. The van der Waals surface area contributed by atoms with Gasteiger partial charge in [-0.15, -0.1) is 0 Å². The second-order valence-electron chi connectivity index (χ2n) is 4.49. The molecule has 0 fully saturated rings. The molecular formula is C16H17FN2O2. The first-order valence-electron chi connectivity index (χ1n) is 6.56. The van der Waals surface area contributed by atoms with Gasteiger partial charge in [-0.25, -0.2) is 9.18 Å². The van der Waals surface area contributed by atoms with E-state index in [-0.39, 0.29) is 5.69 Å². The molecule has 0 bridgehead atoms. The maximum Gasteiger partial charge on any atom is 0.319 e. The molecule has 5 heteroatoms. The average Bonchev–Trinajstić information content (AvgIpc) is 2.49. The fraction of sp³-hybridized carbons (Fsp3) is 0.188. The van der Waals surface area contributed by atoms with Gasteiger partial charge in [0.1, 0.15) is 5.82 Å². The predicted octanol–water partition coefficient (Wildman–Crippen LogP) is 3.29. The summed E-state index contributed by atoms with van der Waals surface area (Å²) in [5.74, 6) is -0.465. The fourth-order valence-electron chi connectivity index (χ4n) is 1.93. The van der Waals surface area contributed by atoms with Gasteiger partial charge in [-0.3, -0.25) is 0 Å². The van der Waals surface area contributed by atoms with E-state index in [2.05, 4.69) is 10.6 Å². The van der Waals surface area contributed by atoms with Gasteiger partial charge in [-0.2, -0.15) is 0 Å². The number of amides is 2. The summed E-state index contributed by atoms with van der Waals surface area (Å²) in [6.07, 6.45) is 0. The molecule has 2 amide bonds. The second-order valence-corrected chi connectivity index (χ2v) is 4.49. The van der Waals surface area contributed by atoms with Gasteiger partial charge in [0.2, 0.25) is 0 Å². The molecule has 0 saturated carbocycles. The summed E-state index contributed by atoms with van der Waals surface area (Å²) in [7, 11) is 1.62. The van der Waals surface area contributed by atoms with Crippen LogP contribution in [-0.2, 0) is 17.9 Å². The van der Waals surface area contributed by atoms with E-state index in [0.29, 0.717) is 13.2 Å². The first kappa shape index (κ1) is 15.0. The van der Waals surface area contributed by atoms with Crippen LogP contribution >= 0.6 is 0 Å². The van der Waals surface area contributed by atoms with Gasteiger partial charge in [0.05, 0.1) is 12.3 Å². The molecule has 2 aromatic rings. The Balaban J connectivity index is 1.94. The van der Waals surface area contributed by atoms with Crippen LogP contribution in [0.5, 0.6) is 0 Å². The molecule has 110 valence electrons. The Morgan fingerprint density at radius 1 is 1.10 bits per heavy atom. The van der Waals surface area contributed by atoms with E-state index in [1.54, 1.807) is 19.2 Å². The van der Waals surface area contributed by atoms with Crippen molar-refractivity contribution in [3.63, 3.8) is 0 Å². The number of urea groups is 1. The van der Waals surface area contributed by atoms with E-state index >= 15 is 0 Å². The zero-order chi connectivity index (χ0) is 15.1. The number of ether oxygens (including phenoxy) is 1. The smallest absolute Gasteiger partial charge is 0.319 e. The van der Waals surface area contributed by atoms with Gasteiger partial charge in [0.15, 0.2) is 0 Å². The molecule has 21 heavy (non-hydrogen) atoms. The summed E-state index contributed by atoms with van der Waals surface area (Å²) in [5, 5.41) is 5.18. The van der Waals surface area contributed by atoms with Crippen molar-refractivity contribution in [2.24, 2.45) is 0 Å². The van der Waals surface area contributed by atoms with Crippen molar-refractivity contribution in [3.8, 4) is 0 Å². The number of para-hydroxylation sites is 1. The van der Waals surface area contributed by atoms with Crippen LogP contribution < -0.4 is 10.6 Å². The Morgan fingerprint density at radius 2 is 1.76 bits per heavy atom. The van der Waals surface area contributed by atoms with Crippen molar-refractivity contribution in [1.82, 2.24) is 5.32 Å². The standard InChI is InChI=1S/C16H17FN2O2/c1-21-11-13-7-3-2-6-12(13)10-18-16(20)19-15-9-5-4-8-14(15)17/h2-9H,10-11H2,1H3,(H2,18,19,20). The van der Waals surface area contributed by atoms with E-state index < -0.39 is 11.8 Å². The van der Waals surface area contributed by atoms with Crippen molar-refractivity contribution < 1.29 is 13.9 Å². The highest BCUT2D eigenvalue weighted by molar-refractivity contribution is 5.89. The Bertz CT molecular complexity index is 617. The molecule has 0 aromatic heterocycles. The zero-order valence-corrected chi connectivity index (χ0v) is 11.7. The number of halogens is 1. The number of carbonyl (C=O) groups excluding carboxylic acids is 1. The van der Waals surface area contributed by atoms with Gasteiger partial charge in [0.25, 0.3) is 0 Å². The number of nitrogens with one attached hydrogen (secondary N) is 2. The third-order valence-corrected chi connectivity index (χ3v) is 2.98. The molecule has 0 unspecified atom stereocenters. The maximum absolute atomic E-state index is 13.4. The molecule has 0 aliphatic rings. The van der Waals surface area contributed by atoms with Crippen molar-refractivity contribution >= 4 is 11.7 Å². The number of hydrogen-bond donors (Lipinski definition) is 2. The maximum atomic E-state index is 13.4. The highest BCUT2D eigenvalue weighted by Crippen LogP contribution is 2.13. The number of carbonyl (C=O) groups is 1. The minimum Gasteiger partial charge on any atom is -0.380 e. The monoisotopic (exact) mass is 288 g/mol. The minimum atomic E-state index is -0.465. The van der Waals surface area contributed by atoms with Crippen LogP contribution in [0, 0.1) is 5.82 Å². The normalized spacial score (nSPS) is 10.2. The predicted molar refractivity (Wildman–Crippen MR) is 79.4 cm³/mol. The topological polar surface area (TPSA) is 50.4 Å². The third-order valence-electron chi connectivity index (χ3n) is 2.98. The Morgan fingerprint density at radius 3 is 2.48 bits per heavy atom. The quantitative estimate of drug-likeness (QED) is 0.887. The van der Waals surface area contributed by atoms with E-state index in [4.69, 9.17) is 4.74 Å². The summed E-state index contributed by atoms with van der Waals surface area (Å²) in [5.41, 5.74) is 2.12. The van der Waals surface area contributed by atoms with Crippen LogP contribution in [0.3, 0.4) is 0 Å². The van der Waals surface area contributed by atoms with Crippen LogP contribution in [0.1, 0.15) is 11.1 Å². The van der Waals surface area contributed by atoms with Crippen LogP contribution in [0.25, 0.3) is 0 Å². The summed E-state index contributed by atoms with van der Waals surface area (Å²) in [6, 6.07) is 13.2. The van der Waals surface area contributed by atoms with Crippen LogP contribution in [0.2, 0.25) is 0 Å². The van der Waals surface area contributed by atoms with E-state index in [9.17, 15) is 9.18 Å². The molecule has 0 heterocycles. The average molecular weight is 288 g/mol. The molecular weight excluding hydrogens is 271 g/mol. The molecule has 0 radical (unpaired) electrons. The number of hydrogen-bond acceptors (Lipinski definition) is 2. The van der Waals surface area contributed by atoms with Gasteiger partial charge in [0, 0.05) is 13.7 Å². The SMILES string of the molecule is COCc1ccccc1CNC(=O)Nc1ccccc1F. The first-order valence-corrected chi connectivity index (χ1v) is 6.56. The molecule has 2 rings (SSSR count). The molecule has 0 atom stereocenters. The number of rotatable bonds is 5. The Kier molecular flexibility index (Phi) is 5.29. The summed E-state index contributed by atoms with van der Waals surface area (Å²) >= 11 is 0. The van der Waals surface area contributed by atoms with Crippen molar-refractivity contribution in [2.45, 2.75) is 13.2 Å². The highest BCUT2D eigenvalue weighted by atomic mass is 19.1. The first-order chi connectivity index (χ1) is 10.2. The van der Waals surface area contributed by atoms with E-state index in [1.165, 1.54) is 12.1 Å². The third kappa shape index (κ3) is 4.29. The molecule has 0 spiro atoms. The van der Waals surface area contributed by atoms with Crippen LogP contribution in [0.15, 0.2) is 48.5 Å². The van der Waals surface area contributed by atoms with Crippen LogP contribution in [0.4, 0.5) is 14.9 Å². The number of methoxy groups -OCH3 is 1. The summed E-state index contributed by atoms with van der Waals surface area (Å²) in [4.78, 5) is 11.8. The molecule has 2 N–H and O–H groups in total. The van der Waals surface area contributed by atoms with E-state index in [0.717, 1.165) is 11.1 Å². The second kappa shape index (κ2) is 7.40. The summed E-state index contributed by atoms with van der Waals surface area (Å²) < 4.78 is 18.5. The van der Waals surface area contributed by atoms with Crippen molar-refractivity contribution in [3.05, 3.63) is 65.5 Å². The molecule has 2 aromatic carbocycles. The lowest BCUT2D eigenvalue weighted by Gasteiger charge is -2.11. The highest BCUT2D eigenvalue weighted by Gasteiger charge is 2.07. The Hall–Kier alpha value is -2.40. The van der Waals surface area contributed by atoms with Gasteiger partial charge < -0.3 is 15.4 Å². The fourth-order valence-corrected chi connectivity index (χ4v) is 1.93. The van der Waals surface area contributed by atoms with E-state index in [1.807, 2.05) is 24.3 Å². The Labute approximate surface area is 122 Å². The minimum absolute atomic E-state index is 0.153. The van der Waals surface area contributed by atoms with Gasteiger partial charge >= 0.3 is 6.03 Å². The van der Waals surface area contributed by atoms with Gasteiger partial charge in [-0.1, -0.05) is 36.4 Å². The molecule has 4 nitrogen and oxygen atoms in total. The van der Waals surface area contributed by atoms with Crippen molar-refractivity contribution in [2.75, 3.05) is 12.4 Å².